The van der Waals surface area contributed by atoms with Crippen molar-refractivity contribution < 1.29 is 14.3 Å². The number of aliphatic hydroxyl groups is 1. The Hall–Kier alpha value is -2.20. The zero-order chi connectivity index (χ0) is 15.9. The Morgan fingerprint density at radius 3 is 2.50 bits per heavy atom. The van der Waals surface area contributed by atoms with E-state index in [0.717, 1.165) is 5.56 Å². The van der Waals surface area contributed by atoms with Gasteiger partial charge in [0.05, 0.1) is 0 Å². The second-order valence-electron chi connectivity index (χ2n) is 5.35. The highest BCUT2D eigenvalue weighted by atomic mass is 19.1. The molecule has 2 aromatic carbocycles. The lowest BCUT2D eigenvalue weighted by Gasteiger charge is -2.13. The maximum absolute atomic E-state index is 13.7. The lowest BCUT2D eigenvalue weighted by molar-refractivity contribution is -0.116. The van der Waals surface area contributed by atoms with Gasteiger partial charge in [-0.05, 0) is 41.7 Å². The van der Waals surface area contributed by atoms with Gasteiger partial charge in [0.1, 0.15) is 5.82 Å². The van der Waals surface area contributed by atoms with Crippen LogP contribution in [0.2, 0.25) is 0 Å². The molecule has 1 amide bonds. The molecule has 4 heteroatoms. The molecule has 0 aliphatic heterocycles. The molecular formula is C18H20FNO2. The summed E-state index contributed by atoms with van der Waals surface area (Å²) in [5.41, 5.74) is 2.27. The Morgan fingerprint density at radius 1 is 1.18 bits per heavy atom. The van der Waals surface area contributed by atoms with Crippen LogP contribution in [0.4, 0.5) is 10.1 Å². The lowest BCUT2D eigenvalue weighted by atomic mass is 9.97. The molecule has 1 unspecified atom stereocenters. The van der Waals surface area contributed by atoms with Crippen LogP contribution in [0.15, 0.2) is 48.5 Å². The smallest absolute Gasteiger partial charge is 0.224 e. The molecule has 3 nitrogen and oxygen atoms in total. The molecule has 0 radical (unpaired) electrons. The Balaban J connectivity index is 1.93. The third-order valence-electron chi connectivity index (χ3n) is 3.57. The van der Waals surface area contributed by atoms with Gasteiger partial charge in [-0.1, -0.05) is 37.3 Å². The summed E-state index contributed by atoms with van der Waals surface area (Å²) in [6.07, 6.45) is 0.817. The molecule has 0 saturated heterocycles. The van der Waals surface area contributed by atoms with Crippen molar-refractivity contribution in [3.05, 3.63) is 65.5 Å². The summed E-state index contributed by atoms with van der Waals surface area (Å²) in [7, 11) is 0. The van der Waals surface area contributed by atoms with Crippen LogP contribution in [-0.4, -0.2) is 17.6 Å². The first-order valence-corrected chi connectivity index (χ1v) is 7.34. The van der Waals surface area contributed by atoms with Gasteiger partial charge in [-0.25, -0.2) is 4.39 Å². The number of aliphatic hydroxyl groups excluding tert-OH is 1. The third-order valence-corrected chi connectivity index (χ3v) is 3.57. The third kappa shape index (κ3) is 4.40. The van der Waals surface area contributed by atoms with Crippen LogP contribution in [0.25, 0.3) is 0 Å². The van der Waals surface area contributed by atoms with E-state index in [4.69, 9.17) is 5.11 Å². The standard InChI is InChI=1S/C18H20FNO2/c1-13(16-4-2-3-5-17(16)19)12-18(22)20-15-8-6-14(7-9-15)10-11-21/h2-9,13,21H,10-12H2,1H3,(H,20,22). The average molecular weight is 301 g/mol. The van der Waals surface area contributed by atoms with E-state index >= 15 is 0 Å². The van der Waals surface area contributed by atoms with Gasteiger partial charge < -0.3 is 10.4 Å². The van der Waals surface area contributed by atoms with E-state index in [1.165, 1.54) is 6.07 Å². The normalized spacial score (nSPS) is 12.0. The van der Waals surface area contributed by atoms with E-state index in [0.29, 0.717) is 17.7 Å². The number of carbonyl (C=O) groups excluding carboxylic acids is 1. The van der Waals surface area contributed by atoms with Crippen LogP contribution in [0.3, 0.4) is 0 Å². The van der Waals surface area contributed by atoms with Crippen molar-refractivity contribution in [3.63, 3.8) is 0 Å². The van der Waals surface area contributed by atoms with E-state index < -0.39 is 0 Å². The molecule has 0 bridgehead atoms. The summed E-state index contributed by atoms with van der Waals surface area (Å²) in [6.45, 7) is 1.94. The van der Waals surface area contributed by atoms with Crippen molar-refractivity contribution in [2.45, 2.75) is 25.7 Å². The maximum Gasteiger partial charge on any atom is 0.224 e. The molecule has 0 aromatic heterocycles. The Morgan fingerprint density at radius 2 is 1.86 bits per heavy atom. The van der Waals surface area contributed by atoms with Crippen LogP contribution in [-0.2, 0) is 11.2 Å². The summed E-state index contributed by atoms with van der Waals surface area (Å²) in [5.74, 6) is -0.614. The van der Waals surface area contributed by atoms with Crippen LogP contribution in [0, 0.1) is 5.82 Å². The van der Waals surface area contributed by atoms with E-state index in [1.807, 2.05) is 19.1 Å². The topological polar surface area (TPSA) is 49.3 Å². The van der Waals surface area contributed by atoms with Crippen LogP contribution < -0.4 is 5.32 Å². The molecule has 0 heterocycles. The van der Waals surface area contributed by atoms with Gasteiger partial charge in [0.2, 0.25) is 5.91 Å². The zero-order valence-electron chi connectivity index (χ0n) is 12.6. The lowest BCUT2D eigenvalue weighted by Crippen LogP contribution is -2.15. The number of amides is 1. The number of halogens is 1. The molecule has 1 atom stereocenters. The Labute approximate surface area is 129 Å². The number of hydrogen-bond donors (Lipinski definition) is 2. The van der Waals surface area contributed by atoms with Crippen molar-refractivity contribution in [1.29, 1.82) is 0 Å². The number of carbonyl (C=O) groups is 1. The van der Waals surface area contributed by atoms with Crippen LogP contribution in [0.5, 0.6) is 0 Å². The van der Waals surface area contributed by atoms with Crippen molar-refractivity contribution in [3.8, 4) is 0 Å². The fourth-order valence-corrected chi connectivity index (χ4v) is 2.36. The number of anilines is 1. The maximum atomic E-state index is 13.7. The summed E-state index contributed by atoms with van der Waals surface area (Å²) in [4.78, 5) is 12.0. The fraction of sp³-hybridized carbons (Fsp3) is 0.278. The highest BCUT2D eigenvalue weighted by molar-refractivity contribution is 5.91. The summed E-state index contributed by atoms with van der Waals surface area (Å²) in [6, 6.07) is 13.9. The molecular weight excluding hydrogens is 281 g/mol. The number of benzene rings is 2. The quantitative estimate of drug-likeness (QED) is 0.858. The van der Waals surface area contributed by atoms with Gasteiger partial charge in [-0.15, -0.1) is 0 Å². The second-order valence-corrected chi connectivity index (χ2v) is 5.35. The molecule has 2 rings (SSSR count). The van der Waals surface area contributed by atoms with E-state index in [1.54, 1.807) is 30.3 Å². The minimum absolute atomic E-state index is 0.103. The molecule has 0 saturated carbocycles. The highest BCUT2D eigenvalue weighted by Gasteiger charge is 2.14. The van der Waals surface area contributed by atoms with E-state index in [2.05, 4.69) is 5.32 Å². The largest absolute Gasteiger partial charge is 0.396 e. The van der Waals surface area contributed by atoms with Crippen molar-refractivity contribution >= 4 is 11.6 Å². The van der Waals surface area contributed by atoms with Crippen molar-refractivity contribution in [2.75, 3.05) is 11.9 Å². The van der Waals surface area contributed by atoms with Gasteiger partial charge in [0.25, 0.3) is 0 Å². The summed E-state index contributed by atoms with van der Waals surface area (Å²) in [5, 5.41) is 11.7. The first kappa shape index (κ1) is 16.2. The van der Waals surface area contributed by atoms with E-state index in [9.17, 15) is 9.18 Å². The average Bonchev–Trinajstić information content (AvgIpc) is 2.50. The molecule has 116 valence electrons. The van der Waals surface area contributed by atoms with Crippen LogP contribution in [0.1, 0.15) is 30.4 Å². The van der Waals surface area contributed by atoms with Gasteiger partial charge >= 0.3 is 0 Å². The predicted octanol–water partition coefficient (Wildman–Crippen LogP) is 3.49. The SMILES string of the molecule is CC(CC(=O)Nc1ccc(CCO)cc1)c1ccccc1F. The number of rotatable bonds is 6. The highest BCUT2D eigenvalue weighted by Crippen LogP contribution is 2.22. The van der Waals surface area contributed by atoms with Gasteiger partial charge in [-0.2, -0.15) is 0 Å². The van der Waals surface area contributed by atoms with Crippen LogP contribution >= 0.6 is 0 Å². The molecule has 2 N–H and O–H groups in total. The number of hydrogen-bond acceptors (Lipinski definition) is 2. The number of nitrogens with one attached hydrogen (secondary N) is 1. The zero-order valence-corrected chi connectivity index (χ0v) is 12.6. The summed E-state index contributed by atoms with van der Waals surface area (Å²) < 4.78 is 13.7. The monoisotopic (exact) mass is 301 g/mol. The molecule has 2 aromatic rings. The van der Waals surface area contributed by atoms with E-state index in [-0.39, 0.29) is 30.7 Å². The Kier molecular flexibility index (Phi) is 5.67. The first-order chi connectivity index (χ1) is 10.6. The van der Waals surface area contributed by atoms with Gasteiger partial charge in [0, 0.05) is 18.7 Å². The minimum atomic E-state index is -0.281. The predicted molar refractivity (Wildman–Crippen MR) is 85.3 cm³/mol. The fourth-order valence-electron chi connectivity index (χ4n) is 2.36. The Bertz CT molecular complexity index is 625. The molecule has 0 fully saturated rings. The summed E-state index contributed by atoms with van der Waals surface area (Å²) >= 11 is 0. The first-order valence-electron chi connectivity index (χ1n) is 7.34. The van der Waals surface area contributed by atoms with Gasteiger partial charge in [0.15, 0.2) is 0 Å². The molecule has 0 spiro atoms. The molecule has 0 aliphatic rings. The van der Waals surface area contributed by atoms with Crippen molar-refractivity contribution in [1.82, 2.24) is 0 Å². The van der Waals surface area contributed by atoms with Gasteiger partial charge in [-0.3, -0.25) is 4.79 Å². The minimum Gasteiger partial charge on any atom is -0.396 e. The molecule has 22 heavy (non-hydrogen) atoms. The second kappa shape index (κ2) is 7.71. The van der Waals surface area contributed by atoms with Crippen molar-refractivity contribution in [2.24, 2.45) is 0 Å². The molecule has 0 aliphatic carbocycles.